The van der Waals surface area contributed by atoms with Crippen LogP contribution in [0.15, 0.2) is 35.3 Å². The fourth-order valence-electron chi connectivity index (χ4n) is 3.62. The Bertz CT molecular complexity index is 799. The van der Waals surface area contributed by atoms with Crippen LogP contribution < -0.4 is 10.6 Å². The van der Waals surface area contributed by atoms with Crippen LogP contribution in [0.1, 0.15) is 35.9 Å². The molecule has 3 rings (SSSR count). The van der Waals surface area contributed by atoms with E-state index >= 15 is 0 Å². The first-order chi connectivity index (χ1) is 14.6. The number of guanidine groups is 1. The Labute approximate surface area is 203 Å². The van der Waals surface area contributed by atoms with Crippen LogP contribution in [0.4, 0.5) is 0 Å². The van der Waals surface area contributed by atoms with Crippen LogP contribution in [-0.2, 0) is 24.4 Å². The van der Waals surface area contributed by atoms with Gasteiger partial charge in [0, 0.05) is 45.0 Å². The number of ether oxygens (including phenoxy) is 1. The Kier molecular flexibility index (Phi) is 11.3. The molecule has 0 aliphatic carbocycles. The summed E-state index contributed by atoms with van der Waals surface area (Å²) < 4.78 is 7.49. The third-order valence-corrected chi connectivity index (χ3v) is 5.24. The number of hydrogen-bond donors (Lipinski definition) is 2. The van der Waals surface area contributed by atoms with Crippen molar-refractivity contribution in [2.24, 2.45) is 4.99 Å². The van der Waals surface area contributed by atoms with E-state index in [4.69, 9.17) is 9.73 Å². The van der Waals surface area contributed by atoms with Gasteiger partial charge >= 0.3 is 0 Å². The van der Waals surface area contributed by atoms with Crippen LogP contribution in [0, 0.1) is 13.8 Å². The van der Waals surface area contributed by atoms with Gasteiger partial charge in [0.25, 0.3) is 0 Å². The molecule has 0 saturated carbocycles. The highest BCUT2D eigenvalue weighted by Gasteiger charge is 2.10. The molecule has 172 valence electrons. The maximum Gasteiger partial charge on any atom is 0.191 e. The largest absolute Gasteiger partial charge is 0.379 e. The second-order valence-electron chi connectivity index (χ2n) is 7.83. The maximum absolute atomic E-state index is 5.42. The predicted octanol–water partition coefficient (Wildman–Crippen LogP) is 3.10. The van der Waals surface area contributed by atoms with Crippen LogP contribution in [0.3, 0.4) is 0 Å². The molecule has 0 radical (unpaired) electrons. The van der Waals surface area contributed by atoms with Crippen molar-refractivity contribution in [3.05, 3.63) is 52.8 Å². The maximum atomic E-state index is 5.42. The molecule has 1 fully saturated rings. The minimum atomic E-state index is 0. The van der Waals surface area contributed by atoms with Crippen LogP contribution in [0.25, 0.3) is 0 Å². The number of morpholine rings is 1. The Morgan fingerprint density at radius 1 is 1.10 bits per heavy atom. The number of nitrogens with zero attached hydrogens (tertiary/aromatic N) is 4. The minimum Gasteiger partial charge on any atom is -0.379 e. The zero-order valence-electron chi connectivity index (χ0n) is 19.1. The van der Waals surface area contributed by atoms with Gasteiger partial charge in [0.2, 0.25) is 0 Å². The first-order valence-corrected chi connectivity index (χ1v) is 11.0. The van der Waals surface area contributed by atoms with E-state index in [1.807, 2.05) is 6.92 Å². The number of hydrogen-bond acceptors (Lipinski definition) is 4. The lowest BCUT2D eigenvalue weighted by Gasteiger charge is -2.26. The number of halogens is 1. The lowest BCUT2D eigenvalue weighted by molar-refractivity contribution is 0.0342. The second-order valence-corrected chi connectivity index (χ2v) is 7.83. The van der Waals surface area contributed by atoms with Crippen molar-refractivity contribution in [2.45, 2.75) is 46.8 Å². The molecule has 0 bridgehead atoms. The second kappa shape index (κ2) is 13.7. The molecular weight excluding hydrogens is 503 g/mol. The molecule has 0 spiro atoms. The topological polar surface area (TPSA) is 66.7 Å². The zero-order valence-corrected chi connectivity index (χ0v) is 21.4. The number of rotatable bonds is 9. The van der Waals surface area contributed by atoms with Crippen molar-refractivity contribution in [3.8, 4) is 0 Å². The van der Waals surface area contributed by atoms with Crippen LogP contribution in [0.2, 0.25) is 0 Å². The molecule has 8 heteroatoms. The molecular formula is C23H37IN6O. The third-order valence-electron chi connectivity index (χ3n) is 5.24. The number of aromatic nitrogens is 2. The summed E-state index contributed by atoms with van der Waals surface area (Å²) in [5.74, 6) is 0.864. The molecule has 2 aromatic rings. The molecule has 2 heterocycles. The molecule has 1 aromatic heterocycles. The number of aryl methyl sites for hydroxylation is 3. The molecule has 2 N–H and O–H groups in total. The highest BCUT2D eigenvalue weighted by Crippen LogP contribution is 2.10. The lowest BCUT2D eigenvalue weighted by atomic mass is 10.1. The molecule has 31 heavy (non-hydrogen) atoms. The molecule has 1 saturated heterocycles. The summed E-state index contributed by atoms with van der Waals surface area (Å²) in [4.78, 5) is 7.18. The minimum absolute atomic E-state index is 0. The van der Waals surface area contributed by atoms with Gasteiger partial charge in [-0.15, -0.1) is 24.0 Å². The zero-order chi connectivity index (χ0) is 21.2. The highest BCUT2D eigenvalue weighted by molar-refractivity contribution is 14.0. The summed E-state index contributed by atoms with van der Waals surface area (Å²) in [7, 11) is 0. The van der Waals surface area contributed by atoms with Crippen molar-refractivity contribution in [3.63, 3.8) is 0 Å². The van der Waals surface area contributed by atoms with Crippen molar-refractivity contribution >= 4 is 29.9 Å². The molecule has 0 atom stereocenters. The van der Waals surface area contributed by atoms with E-state index in [1.54, 1.807) is 0 Å². The Morgan fingerprint density at radius 3 is 2.45 bits per heavy atom. The van der Waals surface area contributed by atoms with E-state index in [2.05, 4.69) is 69.5 Å². The van der Waals surface area contributed by atoms with E-state index in [-0.39, 0.29) is 24.0 Å². The lowest BCUT2D eigenvalue weighted by Crippen LogP contribution is -2.38. The van der Waals surface area contributed by atoms with Gasteiger partial charge in [-0.25, -0.2) is 4.99 Å². The predicted molar refractivity (Wildman–Crippen MR) is 137 cm³/mol. The highest BCUT2D eigenvalue weighted by atomic mass is 127. The number of benzene rings is 1. The molecule has 1 aromatic carbocycles. The molecule has 0 unspecified atom stereocenters. The van der Waals surface area contributed by atoms with E-state index in [9.17, 15) is 0 Å². The van der Waals surface area contributed by atoms with Gasteiger partial charge in [-0.05, 0) is 44.4 Å². The Morgan fingerprint density at radius 2 is 1.81 bits per heavy atom. The number of nitrogens with one attached hydrogen (secondary N) is 2. The van der Waals surface area contributed by atoms with Gasteiger partial charge in [0.15, 0.2) is 5.96 Å². The summed E-state index contributed by atoms with van der Waals surface area (Å²) in [5.41, 5.74) is 4.86. The summed E-state index contributed by atoms with van der Waals surface area (Å²) >= 11 is 0. The van der Waals surface area contributed by atoms with Gasteiger partial charge in [-0.1, -0.05) is 24.3 Å². The SMILES string of the molecule is CCNC(=NCc1ccc(CN2CCOCC2)cc1)NCCCn1nc(C)cc1C.I. The van der Waals surface area contributed by atoms with Gasteiger partial charge in [-0.3, -0.25) is 9.58 Å². The van der Waals surface area contributed by atoms with Gasteiger partial charge < -0.3 is 15.4 Å². The van der Waals surface area contributed by atoms with Crippen LogP contribution >= 0.6 is 24.0 Å². The molecule has 1 aliphatic heterocycles. The van der Waals surface area contributed by atoms with Crippen molar-refractivity contribution < 1.29 is 4.74 Å². The third kappa shape index (κ3) is 8.78. The monoisotopic (exact) mass is 540 g/mol. The van der Waals surface area contributed by atoms with Gasteiger partial charge in [0.1, 0.15) is 0 Å². The van der Waals surface area contributed by atoms with Crippen molar-refractivity contribution in [1.29, 1.82) is 0 Å². The quantitative estimate of drug-likeness (QED) is 0.222. The van der Waals surface area contributed by atoms with Crippen LogP contribution in [-0.4, -0.2) is 60.0 Å². The summed E-state index contributed by atoms with van der Waals surface area (Å²) in [6.07, 6.45) is 1.00. The van der Waals surface area contributed by atoms with Crippen molar-refractivity contribution in [1.82, 2.24) is 25.3 Å². The Hall–Kier alpha value is -1.65. The first kappa shape index (κ1) is 25.6. The summed E-state index contributed by atoms with van der Waals surface area (Å²) in [6.45, 7) is 14.2. The van der Waals surface area contributed by atoms with E-state index in [0.717, 1.165) is 70.6 Å². The number of aliphatic imine (C=N–C) groups is 1. The fourth-order valence-corrected chi connectivity index (χ4v) is 3.62. The fraction of sp³-hybridized carbons (Fsp3) is 0.565. The Balaban J connectivity index is 0.00000341. The van der Waals surface area contributed by atoms with E-state index in [0.29, 0.717) is 6.54 Å². The average Bonchev–Trinajstić information content (AvgIpc) is 3.08. The first-order valence-electron chi connectivity index (χ1n) is 11.0. The smallest absolute Gasteiger partial charge is 0.191 e. The molecule has 0 amide bonds. The molecule has 1 aliphatic rings. The summed E-state index contributed by atoms with van der Waals surface area (Å²) in [6, 6.07) is 10.9. The summed E-state index contributed by atoms with van der Waals surface area (Å²) in [5, 5.41) is 11.3. The van der Waals surface area contributed by atoms with E-state index in [1.165, 1.54) is 16.8 Å². The van der Waals surface area contributed by atoms with Crippen molar-refractivity contribution in [2.75, 3.05) is 39.4 Å². The normalized spacial score (nSPS) is 14.9. The standard InChI is InChI=1S/C23H36N6O.HI/c1-4-24-23(25-10-5-11-29-20(3)16-19(2)27-29)26-17-21-6-8-22(9-7-21)18-28-12-14-30-15-13-28;/h6-9,16H,4-5,10-15,17-18H2,1-3H3,(H2,24,25,26);1H. The molecule has 7 nitrogen and oxygen atoms in total. The van der Waals surface area contributed by atoms with Crippen LogP contribution in [0.5, 0.6) is 0 Å². The van der Waals surface area contributed by atoms with E-state index < -0.39 is 0 Å². The van der Waals surface area contributed by atoms with Gasteiger partial charge in [0.05, 0.1) is 25.5 Å². The van der Waals surface area contributed by atoms with Gasteiger partial charge in [-0.2, -0.15) is 5.10 Å². The average molecular weight is 540 g/mol.